The second-order valence-electron chi connectivity index (χ2n) is 9.31. The predicted molar refractivity (Wildman–Crippen MR) is 137 cm³/mol. The Hall–Kier alpha value is -4.13. The van der Waals surface area contributed by atoms with Crippen molar-refractivity contribution in [3.8, 4) is 5.75 Å². The van der Waals surface area contributed by atoms with Gasteiger partial charge in [0, 0.05) is 16.9 Å². The molecule has 180 valence electrons. The molecular formula is C28H29N3O4. The monoisotopic (exact) mass is 471 g/mol. The van der Waals surface area contributed by atoms with Gasteiger partial charge in [-0.3, -0.25) is 19.3 Å². The van der Waals surface area contributed by atoms with Crippen molar-refractivity contribution in [2.75, 3.05) is 28.4 Å². The Bertz CT molecular complexity index is 1230. The number of hydrogen-bond acceptors (Lipinski definition) is 4. The fourth-order valence-corrected chi connectivity index (χ4v) is 4.33. The summed E-state index contributed by atoms with van der Waals surface area (Å²) in [7, 11) is 1.59. The fraction of sp³-hybridized carbons (Fsp3) is 0.250. The lowest BCUT2D eigenvalue weighted by Crippen LogP contribution is -2.51. The second-order valence-corrected chi connectivity index (χ2v) is 9.31. The van der Waals surface area contributed by atoms with Crippen LogP contribution in [0.5, 0.6) is 5.75 Å². The lowest BCUT2D eigenvalue weighted by molar-refractivity contribution is -0.127. The largest absolute Gasteiger partial charge is 0.497 e. The van der Waals surface area contributed by atoms with Crippen molar-refractivity contribution in [2.24, 2.45) is 0 Å². The van der Waals surface area contributed by atoms with Gasteiger partial charge >= 0.3 is 0 Å². The maximum absolute atomic E-state index is 13.7. The van der Waals surface area contributed by atoms with Crippen molar-refractivity contribution in [1.29, 1.82) is 0 Å². The average Bonchev–Trinajstić information content (AvgIpc) is 2.93. The van der Waals surface area contributed by atoms with Gasteiger partial charge in [0.15, 0.2) is 0 Å². The molecule has 3 amide bonds. The number of hydrogen-bond donors (Lipinski definition) is 0. The van der Waals surface area contributed by atoms with Crippen LogP contribution in [0.25, 0.3) is 0 Å². The van der Waals surface area contributed by atoms with Gasteiger partial charge in [-0.2, -0.15) is 0 Å². The molecule has 7 nitrogen and oxygen atoms in total. The molecule has 0 bridgehead atoms. The number of methoxy groups -OCH3 is 1. The molecule has 0 saturated heterocycles. The smallest absolute Gasteiger partial charge is 0.247 e. The van der Waals surface area contributed by atoms with E-state index in [9.17, 15) is 14.4 Å². The molecule has 35 heavy (non-hydrogen) atoms. The van der Waals surface area contributed by atoms with Gasteiger partial charge in [0.2, 0.25) is 17.7 Å². The molecule has 0 fully saturated rings. The maximum Gasteiger partial charge on any atom is 0.247 e. The molecule has 0 spiro atoms. The predicted octanol–water partition coefficient (Wildman–Crippen LogP) is 4.93. The number of fused-ring (bicyclic) bond motifs is 1. The highest BCUT2D eigenvalue weighted by Gasteiger charge is 2.36. The van der Waals surface area contributed by atoms with Gasteiger partial charge in [-0.25, -0.2) is 0 Å². The topological polar surface area (TPSA) is 70.2 Å². The zero-order valence-corrected chi connectivity index (χ0v) is 20.4. The van der Waals surface area contributed by atoms with E-state index in [0.717, 1.165) is 0 Å². The van der Waals surface area contributed by atoms with E-state index in [0.29, 0.717) is 28.5 Å². The van der Waals surface area contributed by atoms with Gasteiger partial charge in [-0.1, -0.05) is 30.3 Å². The van der Waals surface area contributed by atoms with E-state index >= 15 is 0 Å². The van der Waals surface area contributed by atoms with Crippen LogP contribution in [-0.4, -0.2) is 36.9 Å². The number of amides is 3. The Kier molecular flexibility index (Phi) is 6.60. The zero-order valence-electron chi connectivity index (χ0n) is 20.4. The van der Waals surface area contributed by atoms with Crippen molar-refractivity contribution in [3.05, 3.63) is 78.9 Å². The summed E-state index contributed by atoms with van der Waals surface area (Å²) in [6, 6.07) is 23.6. The molecule has 0 atom stereocenters. The summed E-state index contributed by atoms with van der Waals surface area (Å²) in [6.07, 6.45) is -0.338. The number of benzene rings is 3. The first-order valence-electron chi connectivity index (χ1n) is 11.4. The molecular weight excluding hydrogens is 442 g/mol. The normalized spacial score (nSPS) is 13.8. The molecule has 3 aromatic carbocycles. The first-order chi connectivity index (χ1) is 16.7. The summed E-state index contributed by atoms with van der Waals surface area (Å²) in [6.45, 7) is 5.62. The Morgan fingerprint density at radius 3 is 2.06 bits per heavy atom. The molecule has 0 aromatic heterocycles. The van der Waals surface area contributed by atoms with E-state index in [4.69, 9.17) is 4.74 Å². The number of rotatable bonds is 5. The molecule has 3 aromatic rings. The number of ether oxygens (including phenoxy) is 1. The minimum Gasteiger partial charge on any atom is -0.497 e. The van der Waals surface area contributed by atoms with Crippen LogP contribution >= 0.6 is 0 Å². The first kappa shape index (κ1) is 24.0. The minimum absolute atomic E-state index is 0.199. The summed E-state index contributed by atoms with van der Waals surface area (Å²) in [5, 5.41) is 0. The standard InChI is InChI=1S/C28H29N3O4/c1-28(2,3)31(21-14-16-22(35-4)17-15-21)27(34)19-29-23-12-8-9-13-24(23)30(26(33)18-25(29)32)20-10-6-5-7-11-20/h5-17H,18-19H2,1-4H3. The number of carbonyl (C=O) groups is 3. The molecule has 1 heterocycles. The summed E-state index contributed by atoms with van der Waals surface area (Å²) in [5.74, 6) is -0.332. The lowest BCUT2D eigenvalue weighted by atomic mass is 10.0. The van der Waals surface area contributed by atoms with Gasteiger partial charge < -0.3 is 14.5 Å². The molecule has 0 aliphatic carbocycles. The number of para-hydroxylation sites is 3. The highest BCUT2D eigenvalue weighted by Crippen LogP contribution is 2.38. The molecule has 1 aliphatic rings. The molecule has 1 aliphatic heterocycles. The van der Waals surface area contributed by atoms with Crippen molar-refractivity contribution in [1.82, 2.24) is 0 Å². The third kappa shape index (κ3) is 4.89. The van der Waals surface area contributed by atoms with Crippen molar-refractivity contribution >= 4 is 40.5 Å². The van der Waals surface area contributed by atoms with E-state index in [1.165, 1.54) is 4.90 Å². The van der Waals surface area contributed by atoms with Crippen molar-refractivity contribution in [2.45, 2.75) is 32.7 Å². The van der Waals surface area contributed by atoms with E-state index in [-0.39, 0.29) is 24.8 Å². The Morgan fingerprint density at radius 1 is 0.857 bits per heavy atom. The van der Waals surface area contributed by atoms with E-state index in [1.807, 2.05) is 69.3 Å². The van der Waals surface area contributed by atoms with Crippen LogP contribution < -0.4 is 19.4 Å². The third-order valence-electron chi connectivity index (χ3n) is 5.82. The number of nitrogens with zero attached hydrogens (tertiary/aromatic N) is 3. The quantitative estimate of drug-likeness (QED) is 0.495. The minimum atomic E-state index is -0.550. The van der Waals surface area contributed by atoms with Crippen LogP contribution in [0.3, 0.4) is 0 Å². The average molecular weight is 472 g/mol. The lowest BCUT2D eigenvalue weighted by Gasteiger charge is -2.37. The van der Waals surface area contributed by atoms with Crippen molar-refractivity contribution < 1.29 is 19.1 Å². The SMILES string of the molecule is COc1ccc(N(C(=O)CN2C(=O)CC(=O)N(c3ccccc3)c3ccccc32)C(C)(C)C)cc1. The van der Waals surface area contributed by atoms with Gasteiger partial charge in [-0.05, 0) is 69.3 Å². The first-order valence-corrected chi connectivity index (χ1v) is 11.4. The third-order valence-corrected chi connectivity index (χ3v) is 5.82. The highest BCUT2D eigenvalue weighted by atomic mass is 16.5. The maximum atomic E-state index is 13.7. The molecule has 0 radical (unpaired) electrons. The summed E-state index contributed by atoms with van der Waals surface area (Å²) < 4.78 is 5.25. The second kappa shape index (κ2) is 9.62. The van der Waals surface area contributed by atoms with Gasteiger partial charge in [0.25, 0.3) is 0 Å². The van der Waals surface area contributed by atoms with E-state index < -0.39 is 11.4 Å². The molecule has 4 rings (SSSR count). The number of anilines is 4. The van der Waals surface area contributed by atoms with E-state index in [1.54, 1.807) is 47.2 Å². The molecule has 0 N–H and O–H groups in total. The molecule has 0 unspecified atom stereocenters. The molecule has 0 saturated carbocycles. The van der Waals surface area contributed by atoms with Crippen LogP contribution in [-0.2, 0) is 14.4 Å². The summed E-state index contributed by atoms with van der Waals surface area (Å²) in [4.78, 5) is 44.8. The van der Waals surface area contributed by atoms with Gasteiger partial charge in [0.1, 0.15) is 18.7 Å². The Labute approximate surface area is 205 Å². The summed E-state index contributed by atoms with van der Waals surface area (Å²) in [5.41, 5.74) is 1.89. The van der Waals surface area contributed by atoms with Gasteiger partial charge in [0.05, 0.1) is 18.5 Å². The Balaban J connectivity index is 1.73. The highest BCUT2D eigenvalue weighted by molar-refractivity contribution is 6.19. The van der Waals surface area contributed by atoms with Crippen LogP contribution in [0.15, 0.2) is 78.9 Å². The van der Waals surface area contributed by atoms with Crippen LogP contribution in [0.4, 0.5) is 22.7 Å². The zero-order chi connectivity index (χ0) is 25.2. The Morgan fingerprint density at radius 2 is 1.46 bits per heavy atom. The number of carbonyl (C=O) groups excluding carboxylic acids is 3. The van der Waals surface area contributed by atoms with Crippen LogP contribution in [0.2, 0.25) is 0 Å². The fourth-order valence-electron chi connectivity index (χ4n) is 4.33. The van der Waals surface area contributed by atoms with Crippen LogP contribution in [0.1, 0.15) is 27.2 Å². The summed E-state index contributed by atoms with van der Waals surface area (Å²) >= 11 is 0. The molecule has 7 heteroatoms. The van der Waals surface area contributed by atoms with Crippen molar-refractivity contribution in [3.63, 3.8) is 0 Å². The van der Waals surface area contributed by atoms with Gasteiger partial charge in [-0.15, -0.1) is 0 Å². The van der Waals surface area contributed by atoms with E-state index in [2.05, 4.69) is 0 Å². The van der Waals surface area contributed by atoms with Crippen LogP contribution in [0, 0.1) is 0 Å².